The molecule has 1 saturated heterocycles. The normalized spacial score (nSPS) is 18.2. The Balaban J connectivity index is 1.51. The first-order chi connectivity index (χ1) is 10.2. The molecular formula is C14H16N2O4S. The molecule has 1 atom stereocenters. The summed E-state index contributed by atoms with van der Waals surface area (Å²) >= 11 is 4.91. The number of rotatable bonds is 5. The second kappa shape index (κ2) is 6.38. The first kappa shape index (κ1) is 14.2. The third-order valence-electron chi connectivity index (χ3n) is 3.32. The van der Waals surface area contributed by atoms with E-state index in [9.17, 15) is 4.79 Å². The average molecular weight is 308 g/mol. The number of carbonyl (C=O) groups excluding carboxylic acids is 1. The Morgan fingerprint density at radius 2 is 2.43 bits per heavy atom. The van der Waals surface area contributed by atoms with Crippen molar-refractivity contribution < 1.29 is 18.7 Å². The number of hydrogen-bond donors (Lipinski definition) is 2. The zero-order valence-electron chi connectivity index (χ0n) is 11.4. The molecule has 0 bridgehead atoms. The van der Waals surface area contributed by atoms with Crippen molar-refractivity contribution in [1.29, 1.82) is 0 Å². The largest absolute Gasteiger partial charge is 0.429 e. The topological polar surface area (TPSA) is 76.5 Å². The molecule has 0 saturated carbocycles. The fourth-order valence-electron chi connectivity index (χ4n) is 2.25. The van der Waals surface area contributed by atoms with Gasteiger partial charge in [0.15, 0.2) is 5.58 Å². The highest BCUT2D eigenvalue weighted by molar-refractivity contribution is 7.71. The van der Waals surface area contributed by atoms with Crippen molar-refractivity contribution in [2.75, 3.05) is 31.7 Å². The van der Waals surface area contributed by atoms with Crippen LogP contribution in [0.15, 0.2) is 22.6 Å². The van der Waals surface area contributed by atoms with Gasteiger partial charge in [-0.3, -0.25) is 4.79 Å². The van der Waals surface area contributed by atoms with Gasteiger partial charge in [0.25, 0.3) is 4.84 Å². The van der Waals surface area contributed by atoms with E-state index in [1.54, 1.807) is 18.2 Å². The molecule has 2 N–H and O–H groups in total. The molecule has 1 aliphatic heterocycles. The number of aromatic amines is 1. The molecule has 0 spiro atoms. The standard InChI is InChI=1S/C14H16N2O4S/c17-13(8-19-7-9-3-4-18-6-9)15-10-1-2-11-12(5-10)20-14(21)16-11/h1-2,5,9H,3-4,6-8H2,(H,15,17)(H,16,21)/t9-/m1/s1. The van der Waals surface area contributed by atoms with Gasteiger partial charge < -0.3 is 24.2 Å². The molecule has 1 fully saturated rings. The van der Waals surface area contributed by atoms with Crippen molar-refractivity contribution in [3.63, 3.8) is 0 Å². The van der Waals surface area contributed by atoms with Crippen LogP contribution in [0.1, 0.15) is 6.42 Å². The number of hydrogen-bond acceptors (Lipinski definition) is 5. The number of oxazole rings is 1. The summed E-state index contributed by atoms with van der Waals surface area (Å²) in [6, 6.07) is 5.32. The Labute approximate surface area is 126 Å². The molecule has 2 heterocycles. The smallest absolute Gasteiger partial charge is 0.266 e. The summed E-state index contributed by atoms with van der Waals surface area (Å²) in [5.41, 5.74) is 2.07. The third-order valence-corrected chi connectivity index (χ3v) is 3.50. The van der Waals surface area contributed by atoms with Gasteiger partial charge in [-0.2, -0.15) is 0 Å². The van der Waals surface area contributed by atoms with Crippen molar-refractivity contribution >= 4 is 34.9 Å². The molecular weight excluding hydrogens is 292 g/mol. The molecule has 0 radical (unpaired) electrons. The Bertz CT molecular complexity index is 688. The lowest BCUT2D eigenvalue weighted by Crippen LogP contribution is -2.20. The van der Waals surface area contributed by atoms with E-state index in [1.807, 2.05) is 0 Å². The highest BCUT2D eigenvalue weighted by Gasteiger charge is 2.16. The average Bonchev–Trinajstić information content (AvgIpc) is 3.06. The van der Waals surface area contributed by atoms with E-state index in [-0.39, 0.29) is 12.5 Å². The van der Waals surface area contributed by atoms with E-state index < -0.39 is 0 Å². The van der Waals surface area contributed by atoms with E-state index in [4.69, 9.17) is 26.1 Å². The Morgan fingerprint density at radius 3 is 3.24 bits per heavy atom. The van der Waals surface area contributed by atoms with Crippen molar-refractivity contribution in [2.24, 2.45) is 5.92 Å². The van der Waals surface area contributed by atoms with Crippen molar-refractivity contribution in [3.8, 4) is 0 Å². The molecule has 112 valence electrons. The van der Waals surface area contributed by atoms with Crippen LogP contribution in [0.4, 0.5) is 5.69 Å². The van der Waals surface area contributed by atoms with Crippen LogP contribution in [0.5, 0.6) is 0 Å². The zero-order valence-corrected chi connectivity index (χ0v) is 12.2. The second-order valence-electron chi connectivity index (χ2n) is 5.02. The summed E-state index contributed by atoms with van der Waals surface area (Å²) in [5, 5.41) is 2.77. The Morgan fingerprint density at radius 1 is 1.52 bits per heavy atom. The first-order valence-electron chi connectivity index (χ1n) is 6.79. The van der Waals surface area contributed by atoms with Gasteiger partial charge in [-0.1, -0.05) is 0 Å². The van der Waals surface area contributed by atoms with Gasteiger partial charge in [0.05, 0.1) is 18.7 Å². The molecule has 1 aliphatic rings. The second-order valence-corrected chi connectivity index (χ2v) is 5.39. The number of anilines is 1. The van der Waals surface area contributed by atoms with Gasteiger partial charge >= 0.3 is 0 Å². The van der Waals surface area contributed by atoms with Gasteiger partial charge in [-0.15, -0.1) is 0 Å². The first-order valence-corrected chi connectivity index (χ1v) is 7.20. The quantitative estimate of drug-likeness (QED) is 0.830. The summed E-state index contributed by atoms with van der Waals surface area (Å²) in [7, 11) is 0. The summed E-state index contributed by atoms with van der Waals surface area (Å²) in [6.07, 6.45) is 0.997. The molecule has 1 aromatic heterocycles. The van der Waals surface area contributed by atoms with Crippen molar-refractivity contribution in [3.05, 3.63) is 23.0 Å². The molecule has 0 aliphatic carbocycles. The van der Waals surface area contributed by atoms with Gasteiger partial charge in [-0.05, 0) is 30.8 Å². The van der Waals surface area contributed by atoms with Crippen LogP contribution in [-0.4, -0.2) is 37.3 Å². The minimum atomic E-state index is -0.192. The van der Waals surface area contributed by atoms with Crippen LogP contribution in [0, 0.1) is 10.8 Å². The molecule has 2 aromatic rings. The highest BCUT2D eigenvalue weighted by Crippen LogP contribution is 2.18. The van der Waals surface area contributed by atoms with Crippen LogP contribution >= 0.6 is 12.2 Å². The number of carbonyl (C=O) groups is 1. The van der Waals surface area contributed by atoms with Gasteiger partial charge in [0.2, 0.25) is 5.91 Å². The minimum absolute atomic E-state index is 0.0328. The number of nitrogens with one attached hydrogen (secondary N) is 2. The minimum Gasteiger partial charge on any atom is -0.429 e. The Kier molecular flexibility index (Phi) is 4.33. The summed E-state index contributed by atoms with van der Waals surface area (Å²) in [6.45, 7) is 2.09. The van der Waals surface area contributed by atoms with Crippen LogP contribution in [0.25, 0.3) is 11.1 Å². The summed E-state index contributed by atoms with van der Waals surface area (Å²) in [5.74, 6) is 0.209. The highest BCUT2D eigenvalue weighted by atomic mass is 32.1. The van der Waals surface area contributed by atoms with Crippen LogP contribution in [0.3, 0.4) is 0 Å². The summed E-state index contributed by atoms with van der Waals surface area (Å²) in [4.78, 5) is 15.0. The van der Waals surface area contributed by atoms with E-state index in [0.29, 0.717) is 28.6 Å². The van der Waals surface area contributed by atoms with Crippen LogP contribution in [0.2, 0.25) is 0 Å². The van der Waals surface area contributed by atoms with Crippen LogP contribution in [-0.2, 0) is 14.3 Å². The number of ether oxygens (including phenoxy) is 2. The lowest BCUT2D eigenvalue weighted by atomic mass is 10.1. The van der Waals surface area contributed by atoms with E-state index in [1.165, 1.54) is 0 Å². The van der Waals surface area contributed by atoms with E-state index in [2.05, 4.69) is 10.3 Å². The maximum Gasteiger partial charge on any atom is 0.266 e. The molecule has 21 heavy (non-hydrogen) atoms. The predicted octanol–water partition coefficient (Wildman–Crippen LogP) is 2.48. The fourth-order valence-corrected chi connectivity index (χ4v) is 2.45. The molecule has 1 amide bonds. The van der Waals surface area contributed by atoms with Crippen LogP contribution < -0.4 is 5.32 Å². The molecule has 3 rings (SSSR count). The van der Waals surface area contributed by atoms with Crippen molar-refractivity contribution in [1.82, 2.24) is 4.98 Å². The molecule has 0 unspecified atom stereocenters. The lowest BCUT2D eigenvalue weighted by molar-refractivity contribution is -0.121. The van der Waals surface area contributed by atoms with Gasteiger partial charge in [0.1, 0.15) is 6.61 Å². The Hall–Kier alpha value is -1.70. The number of fused-ring (bicyclic) bond motifs is 1. The van der Waals surface area contributed by atoms with Gasteiger partial charge in [-0.25, -0.2) is 0 Å². The number of benzene rings is 1. The molecule has 7 heteroatoms. The van der Waals surface area contributed by atoms with Crippen molar-refractivity contribution in [2.45, 2.75) is 6.42 Å². The summed E-state index contributed by atoms with van der Waals surface area (Å²) < 4.78 is 16.0. The zero-order chi connectivity index (χ0) is 14.7. The van der Waals surface area contributed by atoms with Gasteiger partial charge in [0, 0.05) is 24.3 Å². The maximum absolute atomic E-state index is 11.8. The number of aromatic nitrogens is 1. The lowest BCUT2D eigenvalue weighted by Gasteiger charge is -2.09. The third kappa shape index (κ3) is 3.69. The fraction of sp³-hybridized carbons (Fsp3) is 0.429. The van der Waals surface area contributed by atoms with E-state index in [0.717, 1.165) is 25.2 Å². The molecule has 6 nitrogen and oxygen atoms in total. The monoisotopic (exact) mass is 308 g/mol. The number of H-pyrrole nitrogens is 1. The predicted molar refractivity (Wildman–Crippen MR) is 79.8 cm³/mol. The SMILES string of the molecule is O=C(COC[C@@H]1CCOC1)Nc1ccc2[nH]c(=S)oc2c1. The molecule has 1 aromatic carbocycles. The number of amides is 1. The van der Waals surface area contributed by atoms with E-state index >= 15 is 0 Å². The maximum atomic E-state index is 11.8.